The largest absolute Gasteiger partial charge is 0.507 e. The van der Waals surface area contributed by atoms with Gasteiger partial charge in [0, 0.05) is 27.4 Å². The van der Waals surface area contributed by atoms with E-state index in [2.05, 4.69) is 69.9 Å². The highest BCUT2D eigenvalue weighted by atomic mass is 79.9. The van der Waals surface area contributed by atoms with Crippen molar-refractivity contribution in [2.24, 2.45) is 0 Å². The highest BCUT2D eigenvalue weighted by Gasteiger charge is 2.29. The predicted octanol–water partition coefficient (Wildman–Crippen LogP) is 4.42. The van der Waals surface area contributed by atoms with Crippen LogP contribution in [0.25, 0.3) is 5.70 Å². The molecule has 1 aliphatic rings. The van der Waals surface area contributed by atoms with Crippen LogP contribution in [0.15, 0.2) is 77.3 Å². The maximum absolute atomic E-state index is 10.5. The first-order chi connectivity index (χ1) is 14.0. The molecular weight excluding hydrogens is 428 g/mol. The Balaban J connectivity index is 1.78. The molecule has 3 aromatic carbocycles. The summed E-state index contributed by atoms with van der Waals surface area (Å²) in [5, 5.41) is 16.4. The molecule has 0 aromatic heterocycles. The van der Waals surface area contributed by atoms with Crippen molar-refractivity contribution in [2.45, 2.75) is 19.1 Å². The molecular formula is C24H24BrN2O2+. The predicted molar refractivity (Wildman–Crippen MR) is 118 cm³/mol. The van der Waals surface area contributed by atoms with Crippen LogP contribution in [0.2, 0.25) is 0 Å². The zero-order valence-corrected chi connectivity index (χ0v) is 18.0. The number of aromatic hydroxyl groups is 1. The lowest BCUT2D eigenvalue weighted by molar-refractivity contribution is -0.731. The molecule has 4 rings (SSSR count). The minimum absolute atomic E-state index is 0.0187. The van der Waals surface area contributed by atoms with Crippen molar-refractivity contribution in [1.82, 2.24) is 5.32 Å². The van der Waals surface area contributed by atoms with Crippen molar-refractivity contribution in [2.75, 3.05) is 7.11 Å². The first-order valence-corrected chi connectivity index (χ1v) is 10.4. The van der Waals surface area contributed by atoms with E-state index in [0.29, 0.717) is 5.75 Å². The quantitative estimate of drug-likeness (QED) is 0.550. The number of phenols is 1. The fourth-order valence-electron chi connectivity index (χ4n) is 3.63. The van der Waals surface area contributed by atoms with Crippen LogP contribution in [0.3, 0.4) is 0 Å². The normalized spacial score (nSPS) is 18.7. The number of ether oxygens (including phenoxy) is 1. The number of rotatable bonds is 4. The van der Waals surface area contributed by atoms with E-state index in [9.17, 15) is 5.11 Å². The van der Waals surface area contributed by atoms with Crippen molar-refractivity contribution in [1.29, 1.82) is 0 Å². The third kappa shape index (κ3) is 4.31. The smallest absolute Gasteiger partial charge is 0.186 e. The Labute approximate surface area is 179 Å². The Morgan fingerprint density at radius 1 is 1.03 bits per heavy atom. The molecule has 0 amide bonds. The molecule has 0 bridgehead atoms. The van der Waals surface area contributed by atoms with Gasteiger partial charge >= 0.3 is 0 Å². The van der Waals surface area contributed by atoms with E-state index in [-0.39, 0.29) is 12.2 Å². The zero-order valence-electron chi connectivity index (χ0n) is 16.4. The SMILES string of the molecule is COc1cccc(C2=CC(c3cc(Br)ccc3O)[NH2+]C(c3ccc(C)cc3)N2)c1. The second kappa shape index (κ2) is 8.31. The minimum Gasteiger partial charge on any atom is -0.507 e. The third-order valence-electron chi connectivity index (χ3n) is 5.22. The summed E-state index contributed by atoms with van der Waals surface area (Å²) in [6.07, 6.45) is 2.17. The second-order valence-electron chi connectivity index (χ2n) is 7.27. The average molecular weight is 452 g/mol. The fraction of sp³-hybridized carbons (Fsp3) is 0.167. The zero-order chi connectivity index (χ0) is 20.4. The Morgan fingerprint density at radius 3 is 2.59 bits per heavy atom. The van der Waals surface area contributed by atoms with Crippen LogP contribution in [0.1, 0.15) is 34.5 Å². The van der Waals surface area contributed by atoms with Crippen LogP contribution in [-0.2, 0) is 0 Å². The van der Waals surface area contributed by atoms with Gasteiger partial charge in [-0.25, -0.2) is 0 Å². The van der Waals surface area contributed by atoms with E-state index in [0.717, 1.165) is 27.0 Å². The Hall–Kier alpha value is -2.76. The number of benzene rings is 3. The van der Waals surface area contributed by atoms with Gasteiger partial charge in [0.05, 0.1) is 12.7 Å². The number of aryl methyl sites for hydroxylation is 1. The van der Waals surface area contributed by atoms with Crippen molar-refractivity contribution in [3.63, 3.8) is 0 Å². The van der Waals surface area contributed by atoms with Gasteiger partial charge in [-0.05, 0) is 37.3 Å². The maximum atomic E-state index is 10.5. The molecule has 4 N–H and O–H groups in total. The van der Waals surface area contributed by atoms with Gasteiger partial charge in [0.15, 0.2) is 6.17 Å². The third-order valence-corrected chi connectivity index (χ3v) is 5.72. The highest BCUT2D eigenvalue weighted by Crippen LogP contribution is 2.31. The Kier molecular flexibility index (Phi) is 5.60. The first kappa shape index (κ1) is 19.6. The van der Waals surface area contributed by atoms with Crippen LogP contribution in [0, 0.1) is 6.92 Å². The van der Waals surface area contributed by atoms with Crippen molar-refractivity contribution in [3.8, 4) is 11.5 Å². The standard InChI is InChI=1S/C24H23BrN2O2/c1-15-6-8-16(9-7-15)24-26-21(17-4-3-5-19(12-17)29-2)14-22(27-24)20-13-18(25)10-11-23(20)28/h3-14,22,24,26-28H,1-2H3/p+1. The van der Waals surface area contributed by atoms with Gasteiger partial charge in [-0.1, -0.05) is 57.9 Å². The lowest BCUT2D eigenvalue weighted by Gasteiger charge is -2.30. The summed E-state index contributed by atoms with van der Waals surface area (Å²) < 4.78 is 6.35. The van der Waals surface area contributed by atoms with Crippen LogP contribution >= 0.6 is 15.9 Å². The molecule has 29 heavy (non-hydrogen) atoms. The summed E-state index contributed by atoms with van der Waals surface area (Å²) >= 11 is 3.53. The fourth-order valence-corrected chi connectivity index (χ4v) is 4.01. The maximum Gasteiger partial charge on any atom is 0.186 e. The molecule has 1 aliphatic heterocycles. The molecule has 5 heteroatoms. The monoisotopic (exact) mass is 451 g/mol. The number of halogens is 1. The number of hydrogen-bond donors (Lipinski definition) is 3. The van der Waals surface area contributed by atoms with Crippen LogP contribution in [0.5, 0.6) is 11.5 Å². The first-order valence-electron chi connectivity index (χ1n) is 9.56. The van der Waals surface area contributed by atoms with E-state index >= 15 is 0 Å². The molecule has 0 saturated carbocycles. The molecule has 2 atom stereocenters. The van der Waals surface area contributed by atoms with E-state index in [1.165, 1.54) is 11.1 Å². The summed E-state index contributed by atoms with van der Waals surface area (Å²) in [5.41, 5.74) is 5.35. The molecule has 0 fully saturated rings. The number of phenolic OH excluding ortho intramolecular Hbond substituents is 1. The Bertz CT molecular complexity index is 1050. The molecule has 1 heterocycles. The van der Waals surface area contributed by atoms with Gasteiger partial charge in [-0.3, -0.25) is 0 Å². The molecule has 0 spiro atoms. The van der Waals surface area contributed by atoms with E-state index in [1.54, 1.807) is 13.2 Å². The Morgan fingerprint density at radius 2 is 1.83 bits per heavy atom. The van der Waals surface area contributed by atoms with Gasteiger partial charge in [-0.2, -0.15) is 0 Å². The van der Waals surface area contributed by atoms with Gasteiger partial charge in [0.25, 0.3) is 0 Å². The second-order valence-corrected chi connectivity index (χ2v) is 8.18. The van der Waals surface area contributed by atoms with Gasteiger partial charge in [0.2, 0.25) is 0 Å². The summed E-state index contributed by atoms with van der Waals surface area (Å²) in [4.78, 5) is 0. The number of hydrogen-bond acceptors (Lipinski definition) is 3. The summed E-state index contributed by atoms with van der Waals surface area (Å²) in [5.74, 6) is 1.11. The van der Waals surface area contributed by atoms with E-state index in [1.807, 2.05) is 30.3 Å². The highest BCUT2D eigenvalue weighted by molar-refractivity contribution is 9.10. The van der Waals surface area contributed by atoms with Crippen LogP contribution in [0.4, 0.5) is 0 Å². The molecule has 148 valence electrons. The number of methoxy groups -OCH3 is 1. The van der Waals surface area contributed by atoms with Gasteiger partial charge in [-0.15, -0.1) is 0 Å². The van der Waals surface area contributed by atoms with Crippen molar-refractivity contribution < 1.29 is 15.2 Å². The summed E-state index contributed by atoms with van der Waals surface area (Å²) in [6.45, 7) is 2.09. The number of nitrogens with two attached hydrogens (primary N) is 1. The van der Waals surface area contributed by atoms with Gasteiger partial charge in [0.1, 0.15) is 17.5 Å². The van der Waals surface area contributed by atoms with Crippen LogP contribution in [-0.4, -0.2) is 12.2 Å². The van der Waals surface area contributed by atoms with E-state index < -0.39 is 0 Å². The number of quaternary nitrogens is 1. The lowest BCUT2D eigenvalue weighted by atomic mass is 9.97. The molecule has 0 saturated heterocycles. The molecule has 0 aliphatic carbocycles. The minimum atomic E-state index is -0.0405. The van der Waals surface area contributed by atoms with Crippen LogP contribution < -0.4 is 15.4 Å². The van der Waals surface area contributed by atoms with Crippen molar-refractivity contribution >= 4 is 21.6 Å². The van der Waals surface area contributed by atoms with Crippen molar-refractivity contribution in [3.05, 3.63) is 99.5 Å². The summed E-state index contributed by atoms with van der Waals surface area (Å²) in [7, 11) is 1.67. The van der Waals surface area contributed by atoms with E-state index in [4.69, 9.17) is 4.74 Å². The molecule has 3 aromatic rings. The summed E-state index contributed by atoms with van der Waals surface area (Å²) in [6, 6.07) is 22.1. The molecule has 4 nitrogen and oxygen atoms in total. The average Bonchev–Trinajstić information content (AvgIpc) is 2.75. The van der Waals surface area contributed by atoms with Gasteiger partial charge < -0.3 is 20.5 Å². The molecule has 2 unspecified atom stereocenters. The molecule has 0 radical (unpaired) electrons. The topological polar surface area (TPSA) is 58.1 Å². The lowest BCUT2D eigenvalue weighted by Crippen LogP contribution is -2.89. The number of nitrogens with one attached hydrogen (secondary N) is 1.